The number of ketones is 1. The normalized spacial score (nSPS) is 12.9. The third kappa shape index (κ3) is 2.25. The average Bonchev–Trinajstić information content (AvgIpc) is 2.57. The van der Waals surface area contributed by atoms with E-state index in [2.05, 4.69) is 6.58 Å². The number of hydrogen-bond acceptors (Lipinski definition) is 2. The lowest BCUT2D eigenvalue weighted by molar-refractivity contribution is 0.103. The minimum atomic E-state index is 0.0386. The molecule has 0 fully saturated rings. The van der Waals surface area contributed by atoms with Gasteiger partial charge in [0.25, 0.3) is 0 Å². The first kappa shape index (κ1) is 12.7. The smallest absolute Gasteiger partial charge is 0.197 e. The largest absolute Gasteiger partial charge is 0.488 e. The molecule has 1 aliphatic heterocycles. The van der Waals surface area contributed by atoms with Crippen molar-refractivity contribution in [3.63, 3.8) is 0 Å². The molecule has 20 heavy (non-hydrogen) atoms. The van der Waals surface area contributed by atoms with Crippen LogP contribution in [0.2, 0.25) is 0 Å². The molecule has 100 valence electrons. The average molecular weight is 264 g/mol. The number of benzene rings is 2. The highest BCUT2D eigenvalue weighted by Gasteiger charge is 2.22. The Morgan fingerprint density at radius 3 is 2.80 bits per heavy atom. The molecule has 0 aliphatic carbocycles. The lowest BCUT2D eigenvalue weighted by atomic mass is 9.96. The molecule has 0 bridgehead atoms. The maximum Gasteiger partial charge on any atom is 0.197 e. The van der Waals surface area contributed by atoms with Crippen molar-refractivity contribution in [1.29, 1.82) is 0 Å². The van der Waals surface area contributed by atoms with Gasteiger partial charge in [0.2, 0.25) is 0 Å². The molecule has 0 radical (unpaired) electrons. The molecule has 1 aliphatic rings. The van der Waals surface area contributed by atoms with Gasteiger partial charge in [0.1, 0.15) is 12.4 Å². The summed E-state index contributed by atoms with van der Waals surface area (Å²) in [6.07, 6.45) is 0.780. The topological polar surface area (TPSA) is 26.3 Å². The van der Waals surface area contributed by atoms with E-state index in [0.29, 0.717) is 17.9 Å². The van der Waals surface area contributed by atoms with E-state index < -0.39 is 0 Å². The van der Waals surface area contributed by atoms with E-state index in [-0.39, 0.29) is 5.78 Å². The first-order valence-electron chi connectivity index (χ1n) is 6.68. The molecule has 0 atom stereocenters. The number of fused-ring (bicyclic) bond motifs is 2. The second kappa shape index (κ2) is 4.97. The van der Waals surface area contributed by atoms with E-state index in [1.54, 1.807) is 0 Å². The van der Waals surface area contributed by atoms with Crippen LogP contribution in [0.25, 0.3) is 0 Å². The zero-order valence-corrected chi connectivity index (χ0v) is 11.5. The molecular formula is C18H16O2. The van der Waals surface area contributed by atoms with E-state index in [1.165, 1.54) is 0 Å². The van der Waals surface area contributed by atoms with E-state index in [1.807, 2.05) is 49.4 Å². The van der Waals surface area contributed by atoms with Crippen LogP contribution in [0.4, 0.5) is 0 Å². The zero-order chi connectivity index (χ0) is 14.1. The summed E-state index contributed by atoms with van der Waals surface area (Å²) >= 11 is 0. The molecule has 0 unspecified atom stereocenters. The summed E-state index contributed by atoms with van der Waals surface area (Å²) in [4.78, 5) is 12.7. The van der Waals surface area contributed by atoms with Gasteiger partial charge in [-0.3, -0.25) is 4.79 Å². The fourth-order valence-electron chi connectivity index (χ4n) is 2.51. The van der Waals surface area contributed by atoms with Crippen LogP contribution >= 0.6 is 0 Å². The van der Waals surface area contributed by atoms with Gasteiger partial charge in [-0.15, -0.1) is 0 Å². The predicted octanol–water partition coefficient (Wildman–Crippen LogP) is 3.93. The Bertz CT molecular complexity index is 698. The Balaban J connectivity index is 2.08. The Morgan fingerprint density at radius 1 is 1.20 bits per heavy atom. The van der Waals surface area contributed by atoms with Gasteiger partial charge in [-0.05, 0) is 31.0 Å². The lowest BCUT2D eigenvalue weighted by Crippen LogP contribution is -2.03. The first-order valence-corrected chi connectivity index (χ1v) is 6.68. The highest BCUT2D eigenvalue weighted by Crippen LogP contribution is 2.29. The quantitative estimate of drug-likeness (QED) is 0.768. The van der Waals surface area contributed by atoms with E-state index in [4.69, 9.17) is 4.74 Å². The summed E-state index contributed by atoms with van der Waals surface area (Å²) < 4.78 is 5.76. The molecule has 0 N–H and O–H groups in total. The molecule has 3 rings (SSSR count). The highest BCUT2D eigenvalue weighted by molar-refractivity contribution is 6.12. The third-order valence-corrected chi connectivity index (χ3v) is 3.44. The van der Waals surface area contributed by atoms with Crippen molar-refractivity contribution in [1.82, 2.24) is 0 Å². The zero-order valence-electron chi connectivity index (χ0n) is 11.5. The molecule has 0 saturated carbocycles. The highest BCUT2D eigenvalue weighted by atomic mass is 16.5. The number of hydrogen-bond donors (Lipinski definition) is 0. The van der Waals surface area contributed by atoms with Crippen molar-refractivity contribution in [3.05, 3.63) is 76.9 Å². The number of rotatable bonds is 2. The number of carbonyl (C=O) groups excluding carboxylic acids is 1. The van der Waals surface area contributed by atoms with Gasteiger partial charge >= 0.3 is 0 Å². The summed E-state index contributed by atoms with van der Waals surface area (Å²) in [5.74, 6) is 0.702. The molecular weight excluding hydrogens is 248 g/mol. The van der Waals surface area contributed by atoms with Gasteiger partial charge < -0.3 is 4.74 Å². The Morgan fingerprint density at radius 2 is 2.00 bits per heavy atom. The fraction of sp³-hybridized carbons (Fsp3) is 0.167. The summed E-state index contributed by atoms with van der Waals surface area (Å²) in [5, 5.41) is 0. The molecule has 1 heterocycles. The Kier molecular flexibility index (Phi) is 3.15. The summed E-state index contributed by atoms with van der Waals surface area (Å²) in [7, 11) is 0. The van der Waals surface area contributed by atoms with Crippen molar-refractivity contribution in [2.24, 2.45) is 0 Å². The molecule has 0 aromatic heterocycles. The summed E-state index contributed by atoms with van der Waals surface area (Å²) in [5.41, 5.74) is 4.49. The molecule has 2 aromatic carbocycles. The van der Waals surface area contributed by atoms with Crippen LogP contribution < -0.4 is 4.74 Å². The van der Waals surface area contributed by atoms with Crippen molar-refractivity contribution < 1.29 is 9.53 Å². The first-order chi connectivity index (χ1) is 9.65. The second-order valence-electron chi connectivity index (χ2n) is 5.24. The molecule has 0 amide bonds. The van der Waals surface area contributed by atoms with Crippen LogP contribution in [0.3, 0.4) is 0 Å². The van der Waals surface area contributed by atoms with E-state index >= 15 is 0 Å². The van der Waals surface area contributed by atoms with Crippen LogP contribution in [0, 0.1) is 0 Å². The van der Waals surface area contributed by atoms with Crippen molar-refractivity contribution in [2.75, 3.05) is 0 Å². The predicted molar refractivity (Wildman–Crippen MR) is 79.2 cm³/mol. The van der Waals surface area contributed by atoms with Crippen molar-refractivity contribution in [3.8, 4) is 5.75 Å². The van der Waals surface area contributed by atoms with Crippen LogP contribution in [0.5, 0.6) is 5.75 Å². The van der Waals surface area contributed by atoms with Crippen LogP contribution in [-0.2, 0) is 13.0 Å². The van der Waals surface area contributed by atoms with Crippen molar-refractivity contribution >= 4 is 5.78 Å². The van der Waals surface area contributed by atoms with Gasteiger partial charge in [-0.25, -0.2) is 0 Å². The minimum Gasteiger partial charge on any atom is -0.488 e. The minimum absolute atomic E-state index is 0.0386. The second-order valence-corrected chi connectivity index (χ2v) is 5.24. The maximum absolute atomic E-state index is 12.7. The van der Waals surface area contributed by atoms with Gasteiger partial charge in [0.15, 0.2) is 5.78 Å². The third-order valence-electron chi connectivity index (χ3n) is 3.44. The number of carbonyl (C=O) groups is 1. The van der Waals surface area contributed by atoms with Gasteiger partial charge in [0.05, 0.1) is 5.56 Å². The van der Waals surface area contributed by atoms with Gasteiger partial charge in [-0.2, -0.15) is 0 Å². The SMILES string of the molecule is C=C(C)Cc1ccc2c(c1)C(=O)c1ccccc1CO2. The number of allylic oxidation sites excluding steroid dienone is 1. The maximum atomic E-state index is 12.7. The van der Waals surface area contributed by atoms with Gasteiger partial charge in [0, 0.05) is 11.1 Å². The Labute approximate surface area is 118 Å². The van der Waals surface area contributed by atoms with E-state index in [0.717, 1.165) is 28.7 Å². The number of ether oxygens (including phenoxy) is 1. The molecule has 0 saturated heterocycles. The molecule has 2 nitrogen and oxygen atoms in total. The monoisotopic (exact) mass is 264 g/mol. The molecule has 2 aromatic rings. The summed E-state index contributed by atoms with van der Waals surface area (Å²) in [6.45, 7) is 6.34. The summed E-state index contributed by atoms with van der Waals surface area (Å²) in [6, 6.07) is 13.4. The van der Waals surface area contributed by atoms with Crippen molar-refractivity contribution in [2.45, 2.75) is 20.0 Å². The molecule has 0 spiro atoms. The Hall–Kier alpha value is -2.35. The van der Waals surface area contributed by atoms with Crippen LogP contribution in [0.1, 0.15) is 34.0 Å². The fourth-order valence-corrected chi connectivity index (χ4v) is 2.51. The van der Waals surface area contributed by atoms with Gasteiger partial charge in [-0.1, -0.05) is 42.5 Å². The van der Waals surface area contributed by atoms with Crippen LogP contribution in [0.15, 0.2) is 54.6 Å². The molecule has 2 heteroatoms. The standard InChI is InChI=1S/C18H16O2/c1-12(2)9-13-7-8-17-16(10-13)18(19)15-6-4-3-5-14(15)11-20-17/h3-8,10H,1,9,11H2,2H3. The van der Waals surface area contributed by atoms with Crippen LogP contribution in [-0.4, -0.2) is 5.78 Å². The lowest BCUT2D eigenvalue weighted by Gasteiger charge is -2.08. The van der Waals surface area contributed by atoms with E-state index in [9.17, 15) is 4.79 Å².